The summed E-state index contributed by atoms with van der Waals surface area (Å²) in [6.07, 6.45) is -1.87. The van der Waals surface area contributed by atoms with Gasteiger partial charge in [-0.1, -0.05) is 12.1 Å². The van der Waals surface area contributed by atoms with Crippen LogP contribution < -0.4 is 5.32 Å². The highest BCUT2D eigenvalue weighted by Crippen LogP contribution is 2.22. The van der Waals surface area contributed by atoms with Gasteiger partial charge >= 0.3 is 6.09 Å². The number of halogens is 1. The van der Waals surface area contributed by atoms with Crippen molar-refractivity contribution in [1.29, 1.82) is 0 Å². The second-order valence-electron chi connectivity index (χ2n) is 7.00. The van der Waals surface area contributed by atoms with Crippen molar-refractivity contribution in [1.82, 2.24) is 10.2 Å². The SMILES string of the molecule is CC(C)(C)OC(=O)NC1CC(O)N(CCc2cccc(F)c2)C1O. The molecule has 0 saturated carbocycles. The van der Waals surface area contributed by atoms with E-state index < -0.39 is 30.2 Å². The van der Waals surface area contributed by atoms with Crippen LogP contribution in [0.4, 0.5) is 9.18 Å². The van der Waals surface area contributed by atoms with Gasteiger partial charge in [-0.25, -0.2) is 9.18 Å². The van der Waals surface area contributed by atoms with Crippen LogP contribution in [0.2, 0.25) is 0 Å². The maximum absolute atomic E-state index is 13.2. The largest absolute Gasteiger partial charge is 0.444 e. The van der Waals surface area contributed by atoms with E-state index in [4.69, 9.17) is 4.74 Å². The normalized spacial score (nSPS) is 24.8. The Morgan fingerprint density at radius 1 is 1.42 bits per heavy atom. The number of carbonyl (C=O) groups excluding carboxylic acids is 1. The van der Waals surface area contributed by atoms with Crippen LogP contribution >= 0.6 is 0 Å². The van der Waals surface area contributed by atoms with E-state index in [0.29, 0.717) is 13.0 Å². The zero-order valence-corrected chi connectivity index (χ0v) is 14.2. The van der Waals surface area contributed by atoms with E-state index >= 15 is 0 Å². The highest BCUT2D eigenvalue weighted by Gasteiger charge is 2.40. The van der Waals surface area contributed by atoms with Gasteiger partial charge in [0.25, 0.3) is 0 Å². The number of hydrogen-bond acceptors (Lipinski definition) is 5. The van der Waals surface area contributed by atoms with Crippen LogP contribution in [0, 0.1) is 5.82 Å². The first-order chi connectivity index (χ1) is 11.2. The van der Waals surface area contributed by atoms with Crippen molar-refractivity contribution >= 4 is 6.09 Å². The topological polar surface area (TPSA) is 82.0 Å². The Labute approximate surface area is 141 Å². The summed E-state index contributed by atoms with van der Waals surface area (Å²) in [6.45, 7) is 5.59. The maximum Gasteiger partial charge on any atom is 0.408 e. The number of ether oxygens (including phenoxy) is 1. The number of rotatable bonds is 4. The van der Waals surface area contributed by atoms with E-state index in [0.717, 1.165) is 5.56 Å². The number of nitrogens with zero attached hydrogens (tertiary/aromatic N) is 1. The van der Waals surface area contributed by atoms with Crippen molar-refractivity contribution in [3.05, 3.63) is 35.6 Å². The van der Waals surface area contributed by atoms with Crippen LogP contribution in [-0.4, -0.2) is 51.8 Å². The number of aliphatic hydroxyl groups is 2. The molecule has 1 heterocycles. The van der Waals surface area contributed by atoms with E-state index in [9.17, 15) is 19.4 Å². The lowest BCUT2D eigenvalue weighted by atomic mass is 10.1. The van der Waals surface area contributed by atoms with E-state index in [1.165, 1.54) is 17.0 Å². The minimum absolute atomic E-state index is 0.198. The molecule has 0 spiro atoms. The quantitative estimate of drug-likeness (QED) is 0.776. The lowest BCUT2D eigenvalue weighted by Gasteiger charge is -2.26. The Bertz CT molecular complexity index is 576. The fraction of sp³-hybridized carbons (Fsp3) is 0.588. The summed E-state index contributed by atoms with van der Waals surface area (Å²) in [5.41, 5.74) is 0.140. The molecule has 7 heteroatoms. The fourth-order valence-corrected chi connectivity index (χ4v) is 2.72. The highest BCUT2D eigenvalue weighted by molar-refractivity contribution is 5.68. The monoisotopic (exact) mass is 340 g/mol. The molecule has 1 aromatic carbocycles. The standard InChI is InChI=1S/C17H25FN2O4/c1-17(2,3)24-16(23)19-13-10-14(21)20(15(13)22)8-7-11-5-4-6-12(18)9-11/h4-6,9,13-15,21-22H,7-8,10H2,1-3H3,(H,19,23). The summed E-state index contributed by atoms with van der Waals surface area (Å²) < 4.78 is 18.3. The number of benzene rings is 1. The fourth-order valence-electron chi connectivity index (χ4n) is 2.72. The molecular formula is C17H25FN2O4. The van der Waals surface area contributed by atoms with Crippen molar-refractivity contribution in [2.24, 2.45) is 0 Å². The molecule has 1 saturated heterocycles. The Morgan fingerprint density at radius 3 is 2.75 bits per heavy atom. The molecule has 0 radical (unpaired) electrons. The molecule has 0 aliphatic carbocycles. The molecule has 134 valence electrons. The zero-order chi connectivity index (χ0) is 17.9. The summed E-state index contributed by atoms with van der Waals surface area (Å²) in [6, 6.07) is 5.57. The zero-order valence-electron chi connectivity index (χ0n) is 14.2. The number of aliphatic hydroxyl groups excluding tert-OH is 2. The average molecular weight is 340 g/mol. The molecule has 1 fully saturated rings. The van der Waals surface area contributed by atoms with E-state index in [-0.39, 0.29) is 12.2 Å². The molecule has 3 N–H and O–H groups in total. The van der Waals surface area contributed by atoms with Gasteiger partial charge in [-0.05, 0) is 44.9 Å². The van der Waals surface area contributed by atoms with Crippen LogP contribution in [0.25, 0.3) is 0 Å². The molecular weight excluding hydrogens is 315 g/mol. The van der Waals surface area contributed by atoms with Crippen molar-refractivity contribution < 1.29 is 24.1 Å². The van der Waals surface area contributed by atoms with Crippen LogP contribution in [-0.2, 0) is 11.2 Å². The van der Waals surface area contributed by atoms with E-state index in [2.05, 4.69) is 5.32 Å². The molecule has 0 bridgehead atoms. The van der Waals surface area contributed by atoms with Gasteiger partial charge in [-0.3, -0.25) is 4.90 Å². The molecule has 3 unspecified atom stereocenters. The van der Waals surface area contributed by atoms with Crippen molar-refractivity contribution in [3.63, 3.8) is 0 Å². The molecule has 1 aliphatic rings. The first kappa shape index (κ1) is 18.6. The minimum Gasteiger partial charge on any atom is -0.444 e. The van der Waals surface area contributed by atoms with E-state index in [1.807, 2.05) is 0 Å². The average Bonchev–Trinajstić information content (AvgIpc) is 2.69. The molecule has 2 rings (SSSR count). The minimum atomic E-state index is -1.03. The predicted octanol–water partition coefficient (Wildman–Crippen LogP) is 1.60. The summed E-state index contributed by atoms with van der Waals surface area (Å²) in [7, 11) is 0. The summed E-state index contributed by atoms with van der Waals surface area (Å²) in [4.78, 5) is 13.3. The third kappa shape index (κ3) is 5.15. The van der Waals surface area contributed by atoms with Crippen molar-refractivity contribution in [2.75, 3.05) is 6.54 Å². The number of alkyl carbamates (subject to hydrolysis) is 1. The van der Waals surface area contributed by atoms with Gasteiger partial charge in [0.1, 0.15) is 23.9 Å². The van der Waals surface area contributed by atoms with Gasteiger partial charge in [0.15, 0.2) is 0 Å². The lowest BCUT2D eigenvalue weighted by molar-refractivity contribution is -0.0571. The highest BCUT2D eigenvalue weighted by atomic mass is 19.1. The summed E-state index contributed by atoms with van der Waals surface area (Å²) >= 11 is 0. The third-order valence-corrected chi connectivity index (χ3v) is 3.80. The number of likely N-dealkylation sites (tertiary alicyclic amines) is 1. The predicted molar refractivity (Wildman–Crippen MR) is 86.6 cm³/mol. The van der Waals surface area contributed by atoms with Crippen LogP contribution in [0.15, 0.2) is 24.3 Å². The first-order valence-electron chi connectivity index (χ1n) is 8.01. The number of hydrogen-bond donors (Lipinski definition) is 3. The maximum atomic E-state index is 13.2. The van der Waals surface area contributed by atoms with Gasteiger partial charge in [-0.2, -0.15) is 0 Å². The first-order valence-corrected chi connectivity index (χ1v) is 8.01. The number of amides is 1. The number of carbonyl (C=O) groups is 1. The summed E-state index contributed by atoms with van der Waals surface area (Å²) in [5, 5.41) is 23.0. The van der Waals surface area contributed by atoms with Gasteiger partial charge in [0.05, 0.1) is 6.04 Å². The van der Waals surface area contributed by atoms with Gasteiger partial charge in [0, 0.05) is 13.0 Å². The van der Waals surface area contributed by atoms with Crippen LogP contribution in [0.1, 0.15) is 32.8 Å². The molecule has 3 atom stereocenters. The van der Waals surface area contributed by atoms with Crippen molar-refractivity contribution in [2.45, 2.75) is 57.7 Å². The van der Waals surface area contributed by atoms with Crippen LogP contribution in [0.3, 0.4) is 0 Å². The number of nitrogens with one attached hydrogen (secondary N) is 1. The lowest BCUT2D eigenvalue weighted by Crippen LogP contribution is -2.47. The molecule has 1 aromatic rings. The van der Waals surface area contributed by atoms with Gasteiger partial charge in [-0.15, -0.1) is 0 Å². The van der Waals surface area contributed by atoms with Gasteiger partial charge in [0.2, 0.25) is 0 Å². The van der Waals surface area contributed by atoms with Crippen LogP contribution in [0.5, 0.6) is 0 Å². The molecule has 1 aliphatic heterocycles. The van der Waals surface area contributed by atoms with Crippen molar-refractivity contribution in [3.8, 4) is 0 Å². The molecule has 1 amide bonds. The molecule has 24 heavy (non-hydrogen) atoms. The Balaban J connectivity index is 1.90. The second kappa shape index (κ2) is 7.46. The Morgan fingerprint density at radius 2 is 2.12 bits per heavy atom. The van der Waals surface area contributed by atoms with Gasteiger partial charge < -0.3 is 20.3 Å². The Kier molecular flexibility index (Phi) is 5.79. The molecule has 0 aromatic heterocycles. The smallest absolute Gasteiger partial charge is 0.408 e. The summed E-state index contributed by atoms with van der Waals surface area (Å²) in [5.74, 6) is -0.320. The molecule has 6 nitrogen and oxygen atoms in total. The second-order valence-corrected chi connectivity index (χ2v) is 7.00. The Hall–Kier alpha value is -1.70. The van der Waals surface area contributed by atoms with E-state index in [1.54, 1.807) is 32.9 Å². The third-order valence-electron chi connectivity index (χ3n) is 3.80.